The van der Waals surface area contributed by atoms with E-state index in [0.717, 1.165) is 12.8 Å². The minimum atomic E-state index is -0.176. The molecule has 2 aromatic carbocycles. The van der Waals surface area contributed by atoms with E-state index in [1.54, 1.807) is 34.9 Å². The fourth-order valence-corrected chi connectivity index (χ4v) is 3.34. The molecule has 6 heteroatoms. The fraction of sp³-hybridized carbons (Fsp3) is 0.273. The third kappa shape index (κ3) is 3.71. The van der Waals surface area contributed by atoms with Crippen LogP contribution in [0, 0.1) is 0 Å². The van der Waals surface area contributed by atoms with Gasteiger partial charge in [0.15, 0.2) is 5.78 Å². The number of benzene rings is 2. The third-order valence-electron chi connectivity index (χ3n) is 4.92. The predicted molar refractivity (Wildman–Crippen MR) is 108 cm³/mol. The SMILES string of the molecule is CC(=O)c1cccc(NC(=O)CCc2nc3ccccc3c(=O)n2C2CC2)c1. The van der Waals surface area contributed by atoms with Crippen molar-refractivity contribution in [3.8, 4) is 0 Å². The minimum absolute atomic E-state index is 0.0299. The van der Waals surface area contributed by atoms with Crippen molar-refractivity contribution >= 4 is 28.3 Å². The second-order valence-corrected chi connectivity index (χ2v) is 7.14. The van der Waals surface area contributed by atoms with Gasteiger partial charge in [0, 0.05) is 30.1 Å². The molecule has 1 saturated carbocycles. The summed E-state index contributed by atoms with van der Waals surface area (Å²) in [5.41, 5.74) is 1.77. The van der Waals surface area contributed by atoms with Crippen LogP contribution in [0.15, 0.2) is 53.3 Å². The number of nitrogens with zero attached hydrogens (tertiary/aromatic N) is 2. The number of aromatic nitrogens is 2. The van der Waals surface area contributed by atoms with Gasteiger partial charge in [-0.3, -0.25) is 19.0 Å². The van der Waals surface area contributed by atoms with Crippen LogP contribution in [-0.2, 0) is 11.2 Å². The van der Waals surface area contributed by atoms with Crippen LogP contribution in [0.25, 0.3) is 10.9 Å². The zero-order valence-corrected chi connectivity index (χ0v) is 15.6. The number of carbonyl (C=O) groups excluding carboxylic acids is 2. The first-order chi connectivity index (χ1) is 13.5. The molecule has 28 heavy (non-hydrogen) atoms. The molecule has 1 N–H and O–H groups in total. The van der Waals surface area contributed by atoms with Crippen molar-refractivity contribution in [3.63, 3.8) is 0 Å². The summed E-state index contributed by atoms with van der Waals surface area (Å²) in [5, 5.41) is 3.43. The van der Waals surface area contributed by atoms with E-state index in [-0.39, 0.29) is 29.7 Å². The molecule has 0 saturated heterocycles. The van der Waals surface area contributed by atoms with E-state index in [9.17, 15) is 14.4 Å². The number of aryl methyl sites for hydroxylation is 1. The average Bonchev–Trinajstić information content (AvgIpc) is 3.51. The second kappa shape index (κ2) is 7.38. The van der Waals surface area contributed by atoms with Gasteiger partial charge in [0.05, 0.1) is 10.9 Å². The molecule has 0 atom stereocenters. The molecule has 4 rings (SSSR count). The molecule has 1 aliphatic rings. The molecule has 0 unspecified atom stereocenters. The lowest BCUT2D eigenvalue weighted by Gasteiger charge is -2.13. The molecule has 1 aliphatic carbocycles. The Bertz CT molecular complexity index is 1130. The molecule has 1 aromatic heterocycles. The van der Waals surface area contributed by atoms with Gasteiger partial charge in [-0.05, 0) is 44.0 Å². The number of fused-ring (bicyclic) bond motifs is 1. The maximum absolute atomic E-state index is 12.9. The number of rotatable bonds is 6. The Morgan fingerprint density at radius 2 is 1.93 bits per heavy atom. The molecule has 0 aliphatic heterocycles. The van der Waals surface area contributed by atoms with E-state index >= 15 is 0 Å². The van der Waals surface area contributed by atoms with Crippen LogP contribution in [0.2, 0.25) is 0 Å². The van der Waals surface area contributed by atoms with Crippen molar-refractivity contribution in [2.24, 2.45) is 0 Å². The quantitative estimate of drug-likeness (QED) is 0.669. The van der Waals surface area contributed by atoms with Crippen molar-refractivity contribution in [1.82, 2.24) is 9.55 Å². The highest BCUT2D eigenvalue weighted by Gasteiger charge is 2.28. The topological polar surface area (TPSA) is 81.1 Å². The van der Waals surface area contributed by atoms with E-state index in [1.165, 1.54) is 6.92 Å². The third-order valence-corrected chi connectivity index (χ3v) is 4.92. The lowest BCUT2D eigenvalue weighted by Crippen LogP contribution is -2.25. The summed E-state index contributed by atoms with van der Waals surface area (Å²) < 4.78 is 1.76. The molecular formula is C22H21N3O3. The largest absolute Gasteiger partial charge is 0.326 e. The monoisotopic (exact) mass is 375 g/mol. The molecule has 1 heterocycles. The van der Waals surface area contributed by atoms with Gasteiger partial charge in [-0.2, -0.15) is 0 Å². The van der Waals surface area contributed by atoms with E-state index < -0.39 is 0 Å². The average molecular weight is 375 g/mol. The Kier molecular flexibility index (Phi) is 4.77. The molecule has 142 valence electrons. The summed E-state index contributed by atoms with van der Waals surface area (Å²) in [7, 11) is 0. The van der Waals surface area contributed by atoms with Crippen LogP contribution in [0.4, 0.5) is 5.69 Å². The molecular weight excluding hydrogens is 354 g/mol. The zero-order valence-electron chi connectivity index (χ0n) is 15.6. The highest BCUT2D eigenvalue weighted by atomic mass is 16.2. The van der Waals surface area contributed by atoms with Crippen LogP contribution in [0.5, 0.6) is 0 Å². The number of amides is 1. The lowest BCUT2D eigenvalue weighted by molar-refractivity contribution is -0.116. The number of hydrogen-bond acceptors (Lipinski definition) is 4. The molecule has 0 spiro atoms. The van der Waals surface area contributed by atoms with Crippen LogP contribution in [0.1, 0.15) is 48.4 Å². The van der Waals surface area contributed by atoms with E-state index in [2.05, 4.69) is 10.3 Å². The van der Waals surface area contributed by atoms with Gasteiger partial charge in [0.25, 0.3) is 5.56 Å². The lowest BCUT2D eigenvalue weighted by atomic mass is 10.1. The zero-order chi connectivity index (χ0) is 19.7. The van der Waals surface area contributed by atoms with E-state index in [1.807, 2.05) is 18.2 Å². The standard InChI is InChI=1S/C22H21N3O3/c1-14(26)15-5-4-6-16(13-15)23-21(27)12-11-20-24-19-8-3-2-7-18(19)22(28)25(20)17-9-10-17/h2-8,13,17H,9-12H2,1H3,(H,23,27). The Balaban J connectivity index is 1.53. The smallest absolute Gasteiger partial charge is 0.261 e. The molecule has 1 amide bonds. The Hall–Kier alpha value is -3.28. The number of ketones is 1. The van der Waals surface area contributed by atoms with E-state index in [4.69, 9.17) is 0 Å². The number of para-hydroxylation sites is 1. The van der Waals surface area contributed by atoms with Crippen LogP contribution >= 0.6 is 0 Å². The van der Waals surface area contributed by atoms with Gasteiger partial charge in [0.2, 0.25) is 5.91 Å². The summed E-state index contributed by atoms with van der Waals surface area (Å²) >= 11 is 0. The second-order valence-electron chi connectivity index (χ2n) is 7.14. The van der Waals surface area contributed by atoms with Crippen LogP contribution in [0.3, 0.4) is 0 Å². The van der Waals surface area contributed by atoms with E-state index in [0.29, 0.717) is 34.4 Å². The molecule has 6 nitrogen and oxygen atoms in total. The number of anilines is 1. The van der Waals surface area contributed by atoms with Gasteiger partial charge >= 0.3 is 0 Å². The highest BCUT2D eigenvalue weighted by molar-refractivity contribution is 5.97. The van der Waals surface area contributed by atoms with Gasteiger partial charge in [-0.15, -0.1) is 0 Å². The maximum Gasteiger partial charge on any atom is 0.261 e. The molecule has 3 aromatic rings. The minimum Gasteiger partial charge on any atom is -0.326 e. The summed E-state index contributed by atoms with van der Waals surface area (Å²) in [6, 6.07) is 14.4. The van der Waals surface area contributed by atoms with Gasteiger partial charge in [-0.1, -0.05) is 24.3 Å². The predicted octanol–water partition coefficient (Wildman–Crippen LogP) is 3.51. The Labute approximate surface area is 162 Å². The van der Waals surface area contributed by atoms with Crippen LogP contribution in [-0.4, -0.2) is 21.2 Å². The van der Waals surface area contributed by atoms with Crippen molar-refractivity contribution < 1.29 is 9.59 Å². The maximum atomic E-state index is 12.9. The van der Waals surface area contributed by atoms with Gasteiger partial charge in [-0.25, -0.2) is 4.98 Å². The first-order valence-electron chi connectivity index (χ1n) is 9.44. The van der Waals surface area contributed by atoms with Crippen molar-refractivity contribution in [2.75, 3.05) is 5.32 Å². The first kappa shape index (κ1) is 18.1. The van der Waals surface area contributed by atoms with Gasteiger partial charge in [0.1, 0.15) is 5.82 Å². The molecule has 0 radical (unpaired) electrons. The molecule has 1 fully saturated rings. The Morgan fingerprint density at radius 1 is 1.14 bits per heavy atom. The summed E-state index contributed by atoms with van der Waals surface area (Å²) in [6.07, 6.45) is 2.53. The fourth-order valence-electron chi connectivity index (χ4n) is 3.34. The molecule has 0 bridgehead atoms. The summed E-state index contributed by atoms with van der Waals surface area (Å²) in [6.45, 7) is 1.49. The summed E-state index contributed by atoms with van der Waals surface area (Å²) in [4.78, 5) is 41.4. The van der Waals surface area contributed by atoms with Crippen LogP contribution < -0.4 is 10.9 Å². The normalized spacial score (nSPS) is 13.5. The number of carbonyl (C=O) groups is 2. The number of Topliss-reactive ketones (excluding diaryl/α,β-unsaturated/α-hetero) is 1. The number of nitrogens with one attached hydrogen (secondary N) is 1. The first-order valence-corrected chi connectivity index (χ1v) is 9.44. The van der Waals surface area contributed by atoms with Crippen molar-refractivity contribution in [2.45, 2.75) is 38.6 Å². The summed E-state index contributed by atoms with van der Waals surface area (Å²) in [5.74, 6) is 0.425. The highest BCUT2D eigenvalue weighted by Crippen LogP contribution is 2.34. The van der Waals surface area contributed by atoms with Gasteiger partial charge < -0.3 is 5.32 Å². The number of hydrogen-bond donors (Lipinski definition) is 1. The van der Waals surface area contributed by atoms with Crippen molar-refractivity contribution in [3.05, 3.63) is 70.3 Å². The Morgan fingerprint density at radius 3 is 2.68 bits per heavy atom. The van der Waals surface area contributed by atoms with Crippen molar-refractivity contribution in [1.29, 1.82) is 0 Å².